The van der Waals surface area contributed by atoms with Crippen LogP contribution in [0.2, 0.25) is 0 Å². The third kappa shape index (κ3) is 5.75. The second kappa shape index (κ2) is 11.5. The SMILES string of the molecule is c1csc(-c2nc3cc(-c4ccc(OCCCN5CCOCC5)cc4)cnc3nc2N2CCOCC2)c1. The van der Waals surface area contributed by atoms with Crippen LogP contribution >= 0.6 is 11.3 Å². The van der Waals surface area contributed by atoms with Gasteiger partial charge < -0.3 is 19.1 Å². The van der Waals surface area contributed by atoms with Gasteiger partial charge in [0.25, 0.3) is 0 Å². The predicted molar refractivity (Wildman–Crippen MR) is 146 cm³/mol. The van der Waals surface area contributed by atoms with E-state index in [2.05, 4.69) is 45.5 Å². The molecule has 0 N–H and O–H groups in total. The molecular weight excluding hydrogens is 486 g/mol. The summed E-state index contributed by atoms with van der Waals surface area (Å²) in [6.07, 6.45) is 2.89. The van der Waals surface area contributed by atoms with Gasteiger partial charge in [-0.2, -0.15) is 0 Å². The smallest absolute Gasteiger partial charge is 0.180 e. The van der Waals surface area contributed by atoms with E-state index in [1.165, 1.54) is 0 Å². The average molecular weight is 518 g/mol. The van der Waals surface area contributed by atoms with Crippen molar-refractivity contribution in [3.8, 4) is 27.4 Å². The van der Waals surface area contributed by atoms with Crippen molar-refractivity contribution in [3.63, 3.8) is 0 Å². The highest BCUT2D eigenvalue weighted by atomic mass is 32.1. The minimum atomic E-state index is 0.658. The molecule has 0 saturated carbocycles. The summed E-state index contributed by atoms with van der Waals surface area (Å²) in [6.45, 7) is 8.46. The monoisotopic (exact) mass is 517 g/mol. The van der Waals surface area contributed by atoms with Gasteiger partial charge in [-0.05, 0) is 41.6 Å². The molecule has 1 aromatic carbocycles. The van der Waals surface area contributed by atoms with E-state index in [9.17, 15) is 0 Å². The predicted octanol–water partition coefficient (Wildman–Crippen LogP) is 4.36. The lowest BCUT2D eigenvalue weighted by molar-refractivity contribution is 0.0358. The molecule has 0 spiro atoms. The van der Waals surface area contributed by atoms with Crippen molar-refractivity contribution < 1.29 is 14.2 Å². The van der Waals surface area contributed by atoms with Gasteiger partial charge in [0.05, 0.1) is 37.9 Å². The Balaban J connectivity index is 1.18. The molecule has 192 valence electrons. The number of benzene rings is 1. The van der Waals surface area contributed by atoms with Crippen LogP contribution < -0.4 is 9.64 Å². The summed E-state index contributed by atoms with van der Waals surface area (Å²) in [5, 5.41) is 2.07. The van der Waals surface area contributed by atoms with Gasteiger partial charge in [0.15, 0.2) is 11.5 Å². The van der Waals surface area contributed by atoms with E-state index in [-0.39, 0.29) is 0 Å². The van der Waals surface area contributed by atoms with E-state index in [1.807, 2.05) is 18.3 Å². The van der Waals surface area contributed by atoms with E-state index in [1.54, 1.807) is 11.3 Å². The zero-order valence-electron chi connectivity index (χ0n) is 20.8. The first kappa shape index (κ1) is 24.2. The molecule has 4 aromatic rings. The van der Waals surface area contributed by atoms with E-state index >= 15 is 0 Å². The number of aromatic nitrogens is 3. The summed E-state index contributed by atoms with van der Waals surface area (Å²) in [5.74, 6) is 1.77. The van der Waals surface area contributed by atoms with Crippen LogP contribution in [0.15, 0.2) is 54.0 Å². The van der Waals surface area contributed by atoms with Crippen molar-refractivity contribution in [2.24, 2.45) is 0 Å². The minimum Gasteiger partial charge on any atom is -0.494 e. The lowest BCUT2D eigenvalue weighted by atomic mass is 10.1. The van der Waals surface area contributed by atoms with Crippen LogP contribution in [0.25, 0.3) is 32.9 Å². The lowest BCUT2D eigenvalue weighted by Gasteiger charge is -2.29. The summed E-state index contributed by atoms with van der Waals surface area (Å²) in [5.41, 5.74) is 4.44. The second-order valence-corrected chi connectivity index (χ2v) is 10.2. The highest BCUT2D eigenvalue weighted by molar-refractivity contribution is 7.13. The number of anilines is 1. The highest BCUT2D eigenvalue weighted by Crippen LogP contribution is 2.33. The fourth-order valence-electron chi connectivity index (χ4n) is 4.72. The number of morpholine rings is 2. The first-order valence-corrected chi connectivity index (χ1v) is 13.8. The molecule has 2 saturated heterocycles. The second-order valence-electron chi connectivity index (χ2n) is 9.22. The Kier molecular flexibility index (Phi) is 7.55. The number of nitrogens with zero attached hydrogens (tertiary/aromatic N) is 5. The molecule has 2 aliphatic rings. The van der Waals surface area contributed by atoms with Crippen molar-refractivity contribution >= 4 is 28.3 Å². The third-order valence-electron chi connectivity index (χ3n) is 6.75. The average Bonchev–Trinajstić information content (AvgIpc) is 3.51. The third-order valence-corrected chi connectivity index (χ3v) is 7.62. The topological polar surface area (TPSA) is 72.8 Å². The molecule has 0 atom stereocenters. The summed E-state index contributed by atoms with van der Waals surface area (Å²) in [6, 6.07) is 14.4. The Morgan fingerprint density at radius 2 is 1.68 bits per heavy atom. The van der Waals surface area contributed by atoms with E-state index in [4.69, 9.17) is 29.2 Å². The van der Waals surface area contributed by atoms with Gasteiger partial charge in [-0.3, -0.25) is 4.90 Å². The molecule has 2 fully saturated rings. The number of hydrogen-bond donors (Lipinski definition) is 0. The quantitative estimate of drug-likeness (QED) is 0.319. The molecule has 5 heterocycles. The summed E-state index contributed by atoms with van der Waals surface area (Å²) in [4.78, 5) is 20.5. The normalized spacial score (nSPS) is 16.8. The van der Waals surface area contributed by atoms with Gasteiger partial charge in [0.1, 0.15) is 17.0 Å². The van der Waals surface area contributed by atoms with Crippen LogP contribution in [0.3, 0.4) is 0 Å². The molecular formula is C28H31N5O3S. The first-order chi connectivity index (χ1) is 18.3. The Morgan fingerprint density at radius 1 is 0.892 bits per heavy atom. The number of fused-ring (bicyclic) bond motifs is 1. The Morgan fingerprint density at radius 3 is 2.43 bits per heavy atom. The van der Waals surface area contributed by atoms with Gasteiger partial charge in [0, 0.05) is 44.5 Å². The largest absolute Gasteiger partial charge is 0.494 e. The van der Waals surface area contributed by atoms with Crippen LogP contribution in [0.1, 0.15) is 6.42 Å². The van der Waals surface area contributed by atoms with Crippen molar-refractivity contribution in [1.82, 2.24) is 19.9 Å². The summed E-state index contributed by atoms with van der Waals surface area (Å²) in [7, 11) is 0. The van der Waals surface area contributed by atoms with E-state index in [0.29, 0.717) is 25.5 Å². The zero-order valence-corrected chi connectivity index (χ0v) is 21.7. The van der Waals surface area contributed by atoms with Crippen molar-refractivity contribution in [3.05, 3.63) is 54.0 Å². The number of thiophene rings is 1. The maximum atomic E-state index is 5.98. The Labute approximate surface area is 220 Å². The van der Waals surface area contributed by atoms with Crippen LogP contribution in [-0.4, -0.2) is 85.6 Å². The van der Waals surface area contributed by atoms with Gasteiger partial charge in [-0.25, -0.2) is 15.0 Å². The molecule has 0 unspecified atom stereocenters. The molecule has 8 nitrogen and oxygen atoms in total. The van der Waals surface area contributed by atoms with Crippen molar-refractivity contribution in [2.45, 2.75) is 6.42 Å². The molecule has 3 aromatic heterocycles. The van der Waals surface area contributed by atoms with Crippen molar-refractivity contribution in [2.75, 3.05) is 70.7 Å². The number of pyridine rings is 1. The Hall–Kier alpha value is -3.11. The molecule has 6 rings (SSSR count). The minimum absolute atomic E-state index is 0.658. The molecule has 0 aliphatic carbocycles. The molecule has 2 aliphatic heterocycles. The highest BCUT2D eigenvalue weighted by Gasteiger charge is 2.21. The number of rotatable bonds is 8. The summed E-state index contributed by atoms with van der Waals surface area (Å²) >= 11 is 1.68. The Bertz CT molecular complexity index is 1300. The van der Waals surface area contributed by atoms with E-state index < -0.39 is 0 Å². The van der Waals surface area contributed by atoms with Gasteiger partial charge in [-0.15, -0.1) is 11.3 Å². The fraction of sp³-hybridized carbons (Fsp3) is 0.393. The number of ether oxygens (including phenoxy) is 3. The lowest BCUT2D eigenvalue weighted by Crippen LogP contribution is -2.37. The molecule has 0 bridgehead atoms. The maximum Gasteiger partial charge on any atom is 0.180 e. The van der Waals surface area contributed by atoms with Crippen LogP contribution in [-0.2, 0) is 9.47 Å². The molecule has 0 amide bonds. The maximum absolute atomic E-state index is 5.98. The molecule has 37 heavy (non-hydrogen) atoms. The molecule has 9 heteroatoms. The van der Waals surface area contributed by atoms with E-state index in [0.717, 1.165) is 91.1 Å². The zero-order chi connectivity index (χ0) is 24.9. The first-order valence-electron chi connectivity index (χ1n) is 12.9. The van der Waals surface area contributed by atoms with Gasteiger partial charge >= 0.3 is 0 Å². The fourth-order valence-corrected chi connectivity index (χ4v) is 5.43. The van der Waals surface area contributed by atoms with Gasteiger partial charge in [-0.1, -0.05) is 18.2 Å². The van der Waals surface area contributed by atoms with Crippen LogP contribution in [0.5, 0.6) is 5.75 Å². The van der Waals surface area contributed by atoms with Crippen molar-refractivity contribution in [1.29, 1.82) is 0 Å². The van der Waals surface area contributed by atoms with Gasteiger partial charge in [0.2, 0.25) is 0 Å². The van der Waals surface area contributed by atoms with Crippen LogP contribution in [0.4, 0.5) is 5.82 Å². The van der Waals surface area contributed by atoms with Crippen LogP contribution in [0, 0.1) is 0 Å². The molecule has 0 radical (unpaired) electrons. The standard InChI is InChI=1S/C28H31N5O3S/c1-3-25(37-18-1)26-28(33-11-16-35-17-12-33)31-27-24(30-26)19-22(20-29-27)21-4-6-23(7-5-21)36-13-2-8-32-9-14-34-15-10-32/h1,3-7,18-20H,2,8-17H2. The number of hydrogen-bond acceptors (Lipinski definition) is 9. The summed E-state index contributed by atoms with van der Waals surface area (Å²) < 4.78 is 16.9.